The first-order chi connectivity index (χ1) is 14.8. The van der Waals surface area contributed by atoms with Crippen LogP contribution in [0.15, 0.2) is 24.4 Å². The predicted octanol–water partition coefficient (Wildman–Crippen LogP) is 2.73. The van der Waals surface area contributed by atoms with Crippen LogP contribution in [0.5, 0.6) is 0 Å². The molecule has 1 aliphatic carbocycles. The van der Waals surface area contributed by atoms with Gasteiger partial charge in [0.2, 0.25) is 0 Å². The predicted molar refractivity (Wildman–Crippen MR) is 95.6 cm³/mol. The topological polar surface area (TPSA) is 109 Å². The molecule has 2 fully saturated rings. The zero-order valence-electron chi connectivity index (χ0n) is 16.8. The molecule has 1 aromatic rings. The molecule has 3 atom stereocenters. The van der Waals surface area contributed by atoms with Crippen molar-refractivity contribution < 1.29 is 55.6 Å². The van der Waals surface area contributed by atoms with Gasteiger partial charge < -0.3 is 19.7 Å². The molecule has 0 spiro atoms. The average molecular weight is 476 g/mol. The normalized spacial score (nSPS) is 23.2. The molecule has 3 rings (SSSR count). The molecule has 0 amide bonds. The van der Waals surface area contributed by atoms with Crippen molar-refractivity contribution in [2.24, 2.45) is 0 Å². The van der Waals surface area contributed by atoms with Crippen LogP contribution in [0.2, 0.25) is 0 Å². The van der Waals surface area contributed by atoms with Crippen LogP contribution in [0.3, 0.4) is 0 Å². The monoisotopic (exact) mass is 476 g/mol. The van der Waals surface area contributed by atoms with Crippen molar-refractivity contribution >= 4 is 11.9 Å². The van der Waals surface area contributed by atoms with E-state index in [0.29, 0.717) is 6.04 Å². The highest BCUT2D eigenvalue weighted by Crippen LogP contribution is 2.32. The molecule has 0 aromatic carbocycles. The van der Waals surface area contributed by atoms with Crippen molar-refractivity contribution in [3.8, 4) is 0 Å². The Morgan fingerprint density at radius 2 is 1.69 bits per heavy atom. The number of rotatable bonds is 3. The quantitative estimate of drug-likeness (QED) is 0.642. The Kier molecular flexibility index (Phi) is 10.3. The number of pyridine rings is 1. The average Bonchev–Trinajstić information content (AvgIpc) is 3.12. The lowest BCUT2D eigenvalue weighted by atomic mass is 10.1. The van der Waals surface area contributed by atoms with Gasteiger partial charge in [0.15, 0.2) is 0 Å². The number of hydrogen-bond acceptors (Lipinski definition) is 6. The lowest BCUT2D eigenvalue weighted by Gasteiger charge is -2.38. The van der Waals surface area contributed by atoms with E-state index in [2.05, 4.69) is 16.0 Å². The van der Waals surface area contributed by atoms with Gasteiger partial charge in [0, 0.05) is 32.4 Å². The number of methoxy groups -OCH3 is 1. The van der Waals surface area contributed by atoms with E-state index in [1.54, 1.807) is 7.11 Å². The molecule has 2 N–H and O–H groups in total. The summed E-state index contributed by atoms with van der Waals surface area (Å²) in [6.07, 6.45) is -5.53. The molecule has 8 nitrogen and oxygen atoms in total. The van der Waals surface area contributed by atoms with Crippen LogP contribution in [0.1, 0.15) is 18.5 Å². The number of halogens is 6. The molecule has 1 saturated carbocycles. The van der Waals surface area contributed by atoms with Crippen LogP contribution in [0.4, 0.5) is 26.3 Å². The Balaban J connectivity index is 0.000000305. The van der Waals surface area contributed by atoms with Gasteiger partial charge in [-0.25, -0.2) is 9.59 Å². The zero-order chi connectivity index (χ0) is 24.5. The second kappa shape index (κ2) is 12.0. The molecule has 32 heavy (non-hydrogen) atoms. The summed E-state index contributed by atoms with van der Waals surface area (Å²) in [4.78, 5) is 24.7. The molecule has 0 bridgehead atoms. The van der Waals surface area contributed by atoms with Gasteiger partial charge in [-0.3, -0.25) is 9.88 Å². The third kappa shape index (κ3) is 8.96. The van der Waals surface area contributed by atoms with Gasteiger partial charge in [0.05, 0.1) is 24.5 Å². The van der Waals surface area contributed by atoms with Crippen LogP contribution >= 0.6 is 0 Å². The van der Waals surface area contributed by atoms with Crippen LogP contribution in [0.25, 0.3) is 0 Å². The van der Waals surface area contributed by atoms with Crippen LogP contribution in [-0.4, -0.2) is 82.9 Å². The number of carboxylic acids is 2. The standard InChI is InChI=1S/C14H20N2O2.2C2HF3O2/c1-17-13-6-5-12-14(13)18-9-8-16(12)10-11-4-2-3-7-15-11;2*3-2(4,5)1(6)7/h2-4,7,12-14H,5-6,8-10H2,1H3;2*(H,6,7)/t12-,13+,14+;;/m0../s1. The highest BCUT2D eigenvalue weighted by Gasteiger charge is 2.43. The maximum absolute atomic E-state index is 10.6. The highest BCUT2D eigenvalue weighted by atomic mass is 19.4. The number of ether oxygens (including phenoxy) is 2. The minimum Gasteiger partial charge on any atom is -0.475 e. The second-order valence-corrected chi connectivity index (χ2v) is 6.65. The van der Waals surface area contributed by atoms with Crippen molar-refractivity contribution in [2.75, 3.05) is 20.3 Å². The van der Waals surface area contributed by atoms with Crippen LogP contribution in [-0.2, 0) is 25.6 Å². The summed E-state index contributed by atoms with van der Waals surface area (Å²) >= 11 is 0. The molecular weight excluding hydrogens is 454 g/mol. The molecule has 2 aliphatic rings. The summed E-state index contributed by atoms with van der Waals surface area (Å²) in [5.41, 5.74) is 1.14. The van der Waals surface area contributed by atoms with Gasteiger partial charge in [-0.05, 0) is 25.0 Å². The molecule has 0 radical (unpaired) electrons. The van der Waals surface area contributed by atoms with Crippen molar-refractivity contribution in [3.63, 3.8) is 0 Å². The van der Waals surface area contributed by atoms with Crippen molar-refractivity contribution in [1.29, 1.82) is 0 Å². The van der Waals surface area contributed by atoms with Gasteiger partial charge in [-0.1, -0.05) is 6.07 Å². The fraction of sp³-hybridized carbons (Fsp3) is 0.611. The van der Waals surface area contributed by atoms with E-state index in [9.17, 15) is 26.3 Å². The maximum atomic E-state index is 10.6. The Morgan fingerprint density at radius 3 is 2.12 bits per heavy atom. The third-order valence-corrected chi connectivity index (χ3v) is 4.53. The van der Waals surface area contributed by atoms with Crippen LogP contribution < -0.4 is 0 Å². The van der Waals surface area contributed by atoms with Gasteiger partial charge >= 0.3 is 24.3 Å². The Morgan fingerprint density at radius 1 is 1.12 bits per heavy atom. The van der Waals surface area contributed by atoms with Gasteiger partial charge in [0.1, 0.15) is 0 Å². The van der Waals surface area contributed by atoms with Crippen molar-refractivity contribution in [3.05, 3.63) is 30.1 Å². The number of hydrogen-bond donors (Lipinski definition) is 2. The van der Waals surface area contributed by atoms with E-state index < -0.39 is 24.3 Å². The van der Waals surface area contributed by atoms with Crippen molar-refractivity contribution in [2.45, 2.75) is 50.0 Å². The molecule has 182 valence electrons. The summed E-state index contributed by atoms with van der Waals surface area (Å²) in [6, 6.07) is 6.59. The third-order valence-electron chi connectivity index (χ3n) is 4.53. The summed E-state index contributed by atoms with van der Waals surface area (Å²) in [5.74, 6) is -5.51. The fourth-order valence-corrected chi connectivity index (χ4v) is 3.14. The first-order valence-electron chi connectivity index (χ1n) is 9.16. The number of alkyl halides is 6. The Bertz CT molecular complexity index is 707. The van der Waals surface area contributed by atoms with Gasteiger partial charge in [-0.15, -0.1) is 0 Å². The van der Waals surface area contributed by atoms with E-state index in [1.165, 1.54) is 0 Å². The molecule has 1 aromatic heterocycles. The fourth-order valence-electron chi connectivity index (χ4n) is 3.14. The van der Waals surface area contributed by atoms with Gasteiger partial charge in [0.25, 0.3) is 0 Å². The lowest BCUT2D eigenvalue weighted by molar-refractivity contribution is -0.193. The summed E-state index contributed by atoms with van der Waals surface area (Å²) in [5, 5.41) is 14.2. The van der Waals surface area contributed by atoms with E-state index in [0.717, 1.165) is 38.2 Å². The number of carbonyl (C=O) groups is 2. The number of aromatic nitrogens is 1. The SMILES string of the molecule is CO[C@@H]1CC[C@H]2[C@H]1OCCN2Cc1ccccn1.O=C(O)C(F)(F)F.O=C(O)C(F)(F)F. The molecule has 0 unspecified atom stereocenters. The minimum atomic E-state index is -5.08. The molecular formula is C18H22F6N2O6. The molecule has 1 saturated heterocycles. The number of morpholine rings is 1. The number of fused-ring (bicyclic) bond motifs is 1. The number of aliphatic carboxylic acids is 2. The Labute approximate surface area is 178 Å². The molecule has 1 aliphatic heterocycles. The maximum Gasteiger partial charge on any atom is 0.490 e. The van der Waals surface area contributed by atoms with E-state index in [-0.39, 0.29) is 12.2 Å². The summed E-state index contributed by atoms with van der Waals surface area (Å²) in [6.45, 7) is 2.71. The van der Waals surface area contributed by atoms with Crippen LogP contribution in [0, 0.1) is 0 Å². The second-order valence-electron chi connectivity index (χ2n) is 6.65. The molecule has 14 heteroatoms. The first kappa shape index (κ1) is 27.6. The first-order valence-corrected chi connectivity index (χ1v) is 9.16. The van der Waals surface area contributed by atoms with E-state index >= 15 is 0 Å². The number of carboxylic acid groups (broad SMARTS) is 2. The summed E-state index contributed by atoms with van der Waals surface area (Å²) in [7, 11) is 1.79. The van der Waals surface area contributed by atoms with Gasteiger partial charge in [-0.2, -0.15) is 26.3 Å². The highest BCUT2D eigenvalue weighted by molar-refractivity contribution is 5.73. The van der Waals surface area contributed by atoms with Crippen molar-refractivity contribution in [1.82, 2.24) is 9.88 Å². The minimum absolute atomic E-state index is 0.243. The zero-order valence-corrected chi connectivity index (χ0v) is 16.8. The lowest BCUT2D eigenvalue weighted by Crippen LogP contribution is -2.51. The smallest absolute Gasteiger partial charge is 0.475 e. The molecule has 2 heterocycles. The Hall–Kier alpha value is -2.45. The number of nitrogens with zero attached hydrogens (tertiary/aromatic N) is 2. The summed E-state index contributed by atoms with van der Waals surface area (Å²) < 4.78 is 74.9. The van der Waals surface area contributed by atoms with E-state index in [1.807, 2.05) is 18.3 Å². The van der Waals surface area contributed by atoms with E-state index in [4.69, 9.17) is 29.3 Å². The largest absolute Gasteiger partial charge is 0.490 e.